The van der Waals surface area contributed by atoms with E-state index in [4.69, 9.17) is 0 Å². The Bertz CT molecular complexity index is 261. The molecule has 0 spiro atoms. The molecule has 1 atom stereocenters. The molecule has 0 saturated carbocycles. The molecule has 1 unspecified atom stereocenters. The van der Waals surface area contributed by atoms with Crippen LogP contribution < -0.4 is 0 Å². The molecule has 1 aliphatic carbocycles. The SMILES string of the molecule is C=C(C)C1CC(=O)C(O)=C(C)C1. The zero-order valence-corrected chi connectivity index (χ0v) is 7.55. The zero-order chi connectivity index (χ0) is 9.30. The maximum Gasteiger partial charge on any atom is 0.197 e. The van der Waals surface area contributed by atoms with Gasteiger partial charge in [-0.1, -0.05) is 12.2 Å². The number of aliphatic hydroxyl groups is 1. The molecule has 2 nitrogen and oxygen atoms in total. The lowest BCUT2D eigenvalue weighted by molar-refractivity contribution is -0.119. The van der Waals surface area contributed by atoms with Crippen LogP contribution in [0, 0.1) is 5.92 Å². The summed E-state index contributed by atoms with van der Waals surface area (Å²) in [5, 5.41) is 9.25. The molecule has 2 heteroatoms. The molecule has 1 aliphatic rings. The van der Waals surface area contributed by atoms with E-state index in [1.54, 1.807) is 6.92 Å². The van der Waals surface area contributed by atoms with Gasteiger partial charge >= 0.3 is 0 Å². The molecule has 1 rings (SSSR count). The first-order chi connectivity index (χ1) is 5.52. The Morgan fingerprint density at radius 3 is 2.58 bits per heavy atom. The fourth-order valence-electron chi connectivity index (χ4n) is 1.45. The van der Waals surface area contributed by atoms with E-state index >= 15 is 0 Å². The minimum atomic E-state index is -0.147. The van der Waals surface area contributed by atoms with Gasteiger partial charge in [-0.05, 0) is 31.8 Å². The fourth-order valence-corrected chi connectivity index (χ4v) is 1.45. The van der Waals surface area contributed by atoms with Crippen molar-refractivity contribution in [1.82, 2.24) is 0 Å². The topological polar surface area (TPSA) is 37.3 Å². The maximum absolute atomic E-state index is 11.2. The van der Waals surface area contributed by atoms with Crippen molar-refractivity contribution in [2.75, 3.05) is 0 Å². The Labute approximate surface area is 72.6 Å². The zero-order valence-electron chi connectivity index (χ0n) is 7.55. The lowest BCUT2D eigenvalue weighted by atomic mass is 9.84. The van der Waals surface area contributed by atoms with Crippen molar-refractivity contribution in [2.45, 2.75) is 26.7 Å². The fraction of sp³-hybridized carbons (Fsp3) is 0.500. The number of hydrogen-bond donors (Lipinski definition) is 1. The van der Waals surface area contributed by atoms with E-state index in [-0.39, 0.29) is 17.5 Å². The smallest absolute Gasteiger partial charge is 0.197 e. The molecule has 0 saturated heterocycles. The highest BCUT2D eigenvalue weighted by atomic mass is 16.3. The molecule has 66 valence electrons. The normalized spacial score (nSPS) is 24.5. The summed E-state index contributed by atoms with van der Waals surface area (Å²) < 4.78 is 0. The van der Waals surface area contributed by atoms with Crippen LogP contribution in [0.25, 0.3) is 0 Å². The van der Waals surface area contributed by atoms with E-state index in [1.165, 1.54) is 0 Å². The van der Waals surface area contributed by atoms with Crippen molar-refractivity contribution in [3.63, 3.8) is 0 Å². The van der Waals surface area contributed by atoms with Crippen LogP contribution in [-0.2, 0) is 4.79 Å². The standard InChI is InChI=1S/C10H14O2/c1-6(2)8-4-7(3)10(12)9(11)5-8/h8,12H,1,4-5H2,2-3H3. The second-order valence-electron chi connectivity index (χ2n) is 3.50. The third-order valence-electron chi connectivity index (χ3n) is 2.35. The Morgan fingerprint density at radius 1 is 1.58 bits per heavy atom. The van der Waals surface area contributed by atoms with E-state index in [0.717, 1.165) is 17.6 Å². The lowest BCUT2D eigenvalue weighted by Crippen LogP contribution is -2.18. The molecule has 0 heterocycles. The first-order valence-electron chi connectivity index (χ1n) is 4.09. The first kappa shape index (κ1) is 9.04. The van der Waals surface area contributed by atoms with Crippen molar-refractivity contribution < 1.29 is 9.90 Å². The highest BCUT2D eigenvalue weighted by Crippen LogP contribution is 2.29. The highest BCUT2D eigenvalue weighted by Gasteiger charge is 2.25. The quantitative estimate of drug-likeness (QED) is 0.607. The Hall–Kier alpha value is -1.05. The van der Waals surface area contributed by atoms with E-state index in [1.807, 2.05) is 6.92 Å². The summed E-state index contributed by atoms with van der Waals surface area (Å²) in [6.07, 6.45) is 1.19. The number of ketones is 1. The van der Waals surface area contributed by atoms with Gasteiger partial charge in [-0.3, -0.25) is 4.79 Å². The van der Waals surface area contributed by atoms with Gasteiger partial charge < -0.3 is 5.11 Å². The molecule has 0 bridgehead atoms. The Kier molecular flexibility index (Phi) is 2.36. The van der Waals surface area contributed by atoms with Crippen LogP contribution in [0.15, 0.2) is 23.5 Å². The van der Waals surface area contributed by atoms with Crippen LogP contribution in [-0.4, -0.2) is 10.9 Å². The van der Waals surface area contributed by atoms with Crippen LogP contribution in [0.1, 0.15) is 26.7 Å². The summed E-state index contributed by atoms with van der Waals surface area (Å²) >= 11 is 0. The van der Waals surface area contributed by atoms with Gasteiger partial charge in [0, 0.05) is 6.42 Å². The predicted molar refractivity (Wildman–Crippen MR) is 47.9 cm³/mol. The molecule has 0 aromatic carbocycles. The number of allylic oxidation sites excluding steroid dienone is 3. The molecule has 0 fully saturated rings. The molecular formula is C10H14O2. The van der Waals surface area contributed by atoms with Crippen LogP contribution in [0.5, 0.6) is 0 Å². The van der Waals surface area contributed by atoms with Crippen molar-refractivity contribution in [2.24, 2.45) is 5.92 Å². The van der Waals surface area contributed by atoms with Crippen molar-refractivity contribution in [1.29, 1.82) is 0 Å². The van der Waals surface area contributed by atoms with Gasteiger partial charge in [-0.15, -0.1) is 0 Å². The summed E-state index contributed by atoms with van der Waals surface area (Å²) in [5.74, 6) is 0.0488. The number of Topliss-reactive ketones (excluding diaryl/α,β-unsaturated/α-hetero) is 1. The monoisotopic (exact) mass is 166 g/mol. The molecular weight excluding hydrogens is 152 g/mol. The lowest BCUT2D eigenvalue weighted by Gasteiger charge is -2.21. The van der Waals surface area contributed by atoms with Gasteiger partial charge in [0.25, 0.3) is 0 Å². The molecule has 0 aliphatic heterocycles. The highest BCUT2D eigenvalue weighted by molar-refractivity contribution is 5.94. The molecule has 0 aromatic heterocycles. The summed E-state index contributed by atoms with van der Waals surface area (Å²) in [7, 11) is 0. The average Bonchev–Trinajstić information content (AvgIpc) is 1.99. The van der Waals surface area contributed by atoms with Gasteiger partial charge in [0.1, 0.15) is 0 Å². The first-order valence-corrected chi connectivity index (χ1v) is 4.09. The van der Waals surface area contributed by atoms with E-state index in [2.05, 4.69) is 6.58 Å². The van der Waals surface area contributed by atoms with Gasteiger partial charge in [-0.2, -0.15) is 0 Å². The summed E-state index contributed by atoms with van der Waals surface area (Å²) in [6.45, 7) is 7.53. The molecule has 0 amide bonds. The average molecular weight is 166 g/mol. The van der Waals surface area contributed by atoms with E-state index < -0.39 is 0 Å². The van der Waals surface area contributed by atoms with Crippen LogP contribution >= 0.6 is 0 Å². The second-order valence-corrected chi connectivity index (χ2v) is 3.50. The van der Waals surface area contributed by atoms with Crippen LogP contribution in [0.3, 0.4) is 0 Å². The largest absolute Gasteiger partial charge is 0.504 e. The van der Waals surface area contributed by atoms with Crippen LogP contribution in [0.2, 0.25) is 0 Å². The maximum atomic E-state index is 11.2. The number of aliphatic hydroxyl groups excluding tert-OH is 1. The number of carbonyl (C=O) groups is 1. The Morgan fingerprint density at radius 2 is 2.17 bits per heavy atom. The van der Waals surface area contributed by atoms with Gasteiger partial charge in [0.15, 0.2) is 11.5 Å². The number of hydrogen-bond acceptors (Lipinski definition) is 2. The van der Waals surface area contributed by atoms with E-state index in [9.17, 15) is 9.90 Å². The molecule has 1 N–H and O–H groups in total. The third-order valence-corrected chi connectivity index (χ3v) is 2.35. The van der Waals surface area contributed by atoms with Crippen molar-refractivity contribution in [3.05, 3.63) is 23.5 Å². The van der Waals surface area contributed by atoms with Gasteiger partial charge in [-0.25, -0.2) is 0 Å². The minimum absolute atomic E-state index is 0.0347. The molecule has 0 radical (unpaired) electrons. The predicted octanol–water partition coefficient (Wildman–Crippen LogP) is 2.37. The van der Waals surface area contributed by atoms with Crippen LogP contribution in [0.4, 0.5) is 0 Å². The number of carbonyl (C=O) groups excluding carboxylic acids is 1. The molecule has 0 aromatic rings. The summed E-state index contributed by atoms with van der Waals surface area (Å²) in [6, 6.07) is 0. The van der Waals surface area contributed by atoms with E-state index in [0.29, 0.717) is 6.42 Å². The Balaban J connectivity index is 2.85. The van der Waals surface area contributed by atoms with Gasteiger partial charge in [0.05, 0.1) is 0 Å². The molecule has 12 heavy (non-hydrogen) atoms. The minimum Gasteiger partial charge on any atom is -0.504 e. The summed E-state index contributed by atoms with van der Waals surface area (Å²) in [4.78, 5) is 11.2. The second kappa shape index (κ2) is 3.13. The summed E-state index contributed by atoms with van der Waals surface area (Å²) in [5.41, 5.74) is 1.81. The van der Waals surface area contributed by atoms with Crippen molar-refractivity contribution in [3.8, 4) is 0 Å². The van der Waals surface area contributed by atoms with Gasteiger partial charge in [0.2, 0.25) is 0 Å². The number of rotatable bonds is 1. The van der Waals surface area contributed by atoms with Crippen molar-refractivity contribution >= 4 is 5.78 Å². The third kappa shape index (κ3) is 1.58.